The molecule has 2 aromatic carbocycles. The molecule has 0 aromatic heterocycles. The summed E-state index contributed by atoms with van der Waals surface area (Å²) in [6.45, 7) is 2.04. The van der Waals surface area contributed by atoms with Crippen LogP contribution in [-0.4, -0.2) is 23.3 Å². The Morgan fingerprint density at radius 1 is 1.12 bits per heavy atom. The van der Waals surface area contributed by atoms with Crippen molar-refractivity contribution in [2.24, 2.45) is 10.7 Å². The van der Waals surface area contributed by atoms with Gasteiger partial charge < -0.3 is 16.0 Å². The van der Waals surface area contributed by atoms with Gasteiger partial charge in [-0.3, -0.25) is 4.79 Å². The fraction of sp³-hybridized carbons (Fsp3) is 0.263. The van der Waals surface area contributed by atoms with Crippen LogP contribution in [0.4, 0.5) is 5.69 Å². The molecule has 1 heterocycles. The topological polar surface area (TPSA) is 70.7 Å². The Morgan fingerprint density at radius 2 is 1.88 bits per heavy atom. The average Bonchev–Trinajstić information content (AvgIpc) is 2.99. The zero-order chi connectivity index (χ0) is 16.8. The summed E-state index contributed by atoms with van der Waals surface area (Å²) in [6, 6.07) is 17.9. The number of benzene rings is 2. The van der Waals surface area contributed by atoms with E-state index in [1.165, 1.54) is 0 Å². The van der Waals surface area contributed by atoms with Crippen LogP contribution in [0, 0.1) is 0 Å². The van der Waals surface area contributed by atoms with Crippen LogP contribution >= 0.6 is 24.0 Å². The Hall–Kier alpha value is -2.09. The van der Waals surface area contributed by atoms with E-state index in [1.54, 1.807) is 0 Å². The van der Waals surface area contributed by atoms with E-state index < -0.39 is 0 Å². The first kappa shape index (κ1) is 19.2. The SMILES string of the molecule is I.NC(=NCc1cccc(CN2CCCC2=O)c1)Nc1ccccc1. The van der Waals surface area contributed by atoms with Gasteiger partial charge in [0.15, 0.2) is 5.96 Å². The molecule has 0 atom stereocenters. The van der Waals surface area contributed by atoms with E-state index in [2.05, 4.69) is 16.4 Å². The standard InChI is InChI=1S/C19H22N4O.HI/c20-19(22-17-8-2-1-3-9-17)21-13-15-6-4-7-16(12-15)14-23-11-5-10-18(23)24;/h1-4,6-9,12H,5,10-11,13-14H2,(H3,20,21,22);1H. The van der Waals surface area contributed by atoms with Gasteiger partial charge in [-0.1, -0.05) is 42.5 Å². The van der Waals surface area contributed by atoms with Gasteiger partial charge in [-0.25, -0.2) is 4.99 Å². The summed E-state index contributed by atoms with van der Waals surface area (Å²) in [5, 5.41) is 3.07. The second-order valence-corrected chi connectivity index (χ2v) is 5.93. The largest absolute Gasteiger partial charge is 0.370 e. The summed E-state index contributed by atoms with van der Waals surface area (Å²) in [5.41, 5.74) is 9.06. The maximum atomic E-state index is 11.7. The molecule has 0 spiro atoms. The maximum Gasteiger partial charge on any atom is 0.222 e. The highest BCUT2D eigenvalue weighted by Gasteiger charge is 2.19. The normalized spacial score (nSPS) is 14.3. The third-order valence-corrected chi connectivity index (χ3v) is 4.01. The van der Waals surface area contributed by atoms with Crippen LogP contribution < -0.4 is 11.1 Å². The number of aliphatic imine (C=N–C) groups is 1. The molecule has 1 saturated heterocycles. The first-order chi connectivity index (χ1) is 11.7. The van der Waals surface area contributed by atoms with Crippen LogP contribution in [0.5, 0.6) is 0 Å². The van der Waals surface area contributed by atoms with E-state index in [9.17, 15) is 4.79 Å². The number of carbonyl (C=O) groups excluding carboxylic acids is 1. The smallest absolute Gasteiger partial charge is 0.222 e. The lowest BCUT2D eigenvalue weighted by Gasteiger charge is -2.15. The maximum absolute atomic E-state index is 11.7. The zero-order valence-corrected chi connectivity index (χ0v) is 16.4. The van der Waals surface area contributed by atoms with Crippen molar-refractivity contribution in [1.29, 1.82) is 0 Å². The second kappa shape index (κ2) is 9.41. The highest BCUT2D eigenvalue weighted by atomic mass is 127. The molecule has 1 aliphatic heterocycles. The lowest BCUT2D eigenvalue weighted by atomic mass is 10.1. The van der Waals surface area contributed by atoms with Gasteiger partial charge in [0.05, 0.1) is 6.54 Å². The first-order valence-electron chi connectivity index (χ1n) is 8.18. The zero-order valence-electron chi connectivity index (χ0n) is 14.0. The Balaban J connectivity index is 0.00000225. The third-order valence-electron chi connectivity index (χ3n) is 4.01. The molecule has 0 bridgehead atoms. The van der Waals surface area contributed by atoms with Crippen molar-refractivity contribution in [2.45, 2.75) is 25.9 Å². The monoisotopic (exact) mass is 450 g/mol. The molecule has 3 rings (SSSR count). The molecule has 5 nitrogen and oxygen atoms in total. The van der Waals surface area contributed by atoms with Gasteiger partial charge in [0.25, 0.3) is 0 Å². The Labute approximate surface area is 165 Å². The fourth-order valence-electron chi connectivity index (χ4n) is 2.80. The molecule has 0 unspecified atom stereocenters. The Morgan fingerprint density at radius 3 is 2.60 bits per heavy atom. The Kier molecular flexibility index (Phi) is 7.24. The molecule has 1 fully saturated rings. The number of likely N-dealkylation sites (tertiary alicyclic amines) is 1. The molecule has 1 amide bonds. The molecule has 2 aromatic rings. The van der Waals surface area contributed by atoms with Gasteiger partial charge in [0, 0.05) is 25.2 Å². The number of carbonyl (C=O) groups is 1. The Bertz CT molecular complexity index is 733. The third kappa shape index (κ3) is 5.74. The first-order valence-corrected chi connectivity index (χ1v) is 8.18. The summed E-state index contributed by atoms with van der Waals surface area (Å²) < 4.78 is 0. The molecule has 3 N–H and O–H groups in total. The molecule has 25 heavy (non-hydrogen) atoms. The second-order valence-electron chi connectivity index (χ2n) is 5.93. The highest BCUT2D eigenvalue weighted by molar-refractivity contribution is 14.0. The average molecular weight is 450 g/mol. The van der Waals surface area contributed by atoms with E-state index in [0.29, 0.717) is 25.5 Å². The summed E-state index contributed by atoms with van der Waals surface area (Å²) >= 11 is 0. The number of hydrogen-bond donors (Lipinski definition) is 2. The van der Waals surface area contributed by atoms with Gasteiger partial charge in [0.2, 0.25) is 5.91 Å². The van der Waals surface area contributed by atoms with Gasteiger partial charge in [-0.05, 0) is 29.7 Å². The van der Waals surface area contributed by atoms with Crippen molar-refractivity contribution in [1.82, 2.24) is 4.90 Å². The van der Waals surface area contributed by atoms with Crippen LogP contribution in [0.2, 0.25) is 0 Å². The minimum atomic E-state index is 0. The number of guanidine groups is 1. The van der Waals surface area contributed by atoms with Gasteiger partial charge in [-0.15, -0.1) is 24.0 Å². The minimum absolute atomic E-state index is 0. The number of nitrogens with zero attached hydrogens (tertiary/aromatic N) is 2. The molecule has 6 heteroatoms. The van der Waals surface area contributed by atoms with Gasteiger partial charge >= 0.3 is 0 Å². The number of hydrogen-bond acceptors (Lipinski definition) is 2. The fourth-order valence-corrected chi connectivity index (χ4v) is 2.80. The number of anilines is 1. The molecule has 0 aliphatic carbocycles. The molecule has 132 valence electrons. The van der Waals surface area contributed by atoms with E-state index in [-0.39, 0.29) is 29.9 Å². The van der Waals surface area contributed by atoms with Crippen LogP contribution in [0.3, 0.4) is 0 Å². The van der Waals surface area contributed by atoms with Crippen molar-refractivity contribution < 1.29 is 4.79 Å². The summed E-state index contributed by atoms with van der Waals surface area (Å²) in [6.07, 6.45) is 1.64. The van der Waals surface area contributed by atoms with Crippen molar-refractivity contribution in [3.05, 3.63) is 65.7 Å². The predicted molar refractivity (Wildman–Crippen MR) is 112 cm³/mol. The van der Waals surface area contributed by atoms with E-state index in [1.807, 2.05) is 53.4 Å². The van der Waals surface area contributed by atoms with Gasteiger partial charge in [-0.2, -0.15) is 0 Å². The van der Waals surface area contributed by atoms with Crippen molar-refractivity contribution >= 4 is 41.5 Å². The quantitative estimate of drug-likeness (QED) is 0.417. The van der Waals surface area contributed by atoms with Gasteiger partial charge in [0.1, 0.15) is 0 Å². The summed E-state index contributed by atoms with van der Waals surface area (Å²) in [4.78, 5) is 18.0. The number of para-hydroxylation sites is 1. The summed E-state index contributed by atoms with van der Waals surface area (Å²) in [7, 11) is 0. The molecular weight excluding hydrogens is 427 g/mol. The molecule has 0 saturated carbocycles. The van der Waals surface area contributed by atoms with Crippen molar-refractivity contribution in [3.8, 4) is 0 Å². The predicted octanol–water partition coefficient (Wildman–Crippen LogP) is 3.35. The summed E-state index contributed by atoms with van der Waals surface area (Å²) in [5.74, 6) is 0.635. The van der Waals surface area contributed by atoms with E-state index >= 15 is 0 Å². The minimum Gasteiger partial charge on any atom is -0.370 e. The number of nitrogens with one attached hydrogen (secondary N) is 1. The van der Waals surface area contributed by atoms with E-state index in [0.717, 1.165) is 29.8 Å². The molecule has 0 radical (unpaired) electrons. The van der Waals surface area contributed by atoms with Crippen LogP contribution in [0.15, 0.2) is 59.6 Å². The van der Waals surface area contributed by atoms with Crippen LogP contribution in [-0.2, 0) is 17.9 Å². The van der Waals surface area contributed by atoms with Crippen LogP contribution in [0.1, 0.15) is 24.0 Å². The molecular formula is C19H23IN4O. The highest BCUT2D eigenvalue weighted by Crippen LogP contribution is 2.15. The lowest BCUT2D eigenvalue weighted by Crippen LogP contribution is -2.24. The lowest BCUT2D eigenvalue weighted by molar-refractivity contribution is -0.128. The van der Waals surface area contributed by atoms with Crippen LogP contribution in [0.25, 0.3) is 0 Å². The van der Waals surface area contributed by atoms with E-state index in [4.69, 9.17) is 5.73 Å². The number of amides is 1. The molecule has 1 aliphatic rings. The van der Waals surface area contributed by atoms with Crippen molar-refractivity contribution in [3.63, 3.8) is 0 Å². The van der Waals surface area contributed by atoms with Crippen molar-refractivity contribution in [2.75, 3.05) is 11.9 Å². The number of halogens is 1. The number of nitrogens with two attached hydrogens (primary N) is 1. The number of rotatable bonds is 5.